The SMILES string of the molecule is Cc1ccc(C)c(OCCn2c(CCNC(=O)c3ccc(Br)cc3)nc3ccccc32)c1. The third-order valence-electron chi connectivity index (χ3n) is 5.39. The van der Waals surface area contributed by atoms with Gasteiger partial charge in [0, 0.05) is 23.0 Å². The van der Waals surface area contributed by atoms with E-state index in [0.717, 1.165) is 32.6 Å². The second-order valence-electron chi connectivity index (χ2n) is 7.80. The molecule has 4 aromatic rings. The number of benzene rings is 3. The fraction of sp³-hybridized carbons (Fsp3) is 0.231. The molecule has 1 heterocycles. The van der Waals surface area contributed by atoms with Crippen molar-refractivity contribution in [3.05, 3.63) is 93.7 Å². The van der Waals surface area contributed by atoms with E-state index in [1.165, 1.54) is 5.56 Å². The number of amides is 1. The lowest BCUT2D eigenvalue weighted by Gasteiger charge is -2.13. The molecule has 1 amide bonds. The third kappa shape index (κ3) is 5.19. The van der Waals surface area contributed by atoms with Gasteiger partial charge in [-0.15, -0.1) is 0 Å². The van der Waals surface area contributed by atoms with Gasteiger partial charge in [0.25, 0.3) is 5.91 Å². The number of aryl methyl sites for hydroxylation is 2. The van der Waals surface area contributed by atoms with Gasteiger partial charge >= 0.3 is 0 Å². The maximum absolute atomic E-state index is 12.4. The normalized spacial score (nSPS) is 11.0. The Morgan fingerprint density at radius 3 is 2.66 bits per heavy atom. The van der Waals surface area contributed by atoms with Crippen molar-refractivity contribution in [2.45, 2.75) is 26.8 Å². The number of carbonyl (C=O) groups is 1. The summed E-state index contributed by atoms with van der Waals surface area (Å²) in [6.45, 7) is 5.86. The van der Waals surface area contributed by atoms with Crippen LogP contribution in [0.4, 0.5) is 0 Å². The molecule has 0 aliphatic heterocycles. The zero-order valence-corrected chi connectivity index (χ0v) is 19.9. The molecule has 0 fully saturated rings. The molecule has 164 valence electrons. The molecule has 0 saturated carbocycles. The van der Waals surface area contributed by atoms with Gasteiger partial charge in [0.2, 0.25) is 0 Å². The Morgan fingerprint density at radius 1 is 1.06 bits per heavy atom. The van der Waals surface area contributed by atoms with Crippen LogP contribution in [-0.2, 0) is 13.0 Å². The van der Waals surface area contributed by atoms with Crippen LogP contribution in [0.3, 0.4) is 0 Å². The van der Waals surface area contributed by atoms with Crippen molar-refractivity contribution in [3.63, 3.8) is 0 Å². The van der Waals surface area contributed by atoms with Crippen molar-refractivity contribution in [1.82, 2.24) is 14.9 Å². The van der Waals surface area contributed by atoms with Crippen molar-refractivity contribution < 1.29 is 9.53 Å². The highest BCUT2D eigenvalue weighted by Gasteiger charge is 2.12. The summed E-state index contributed by atoms with van der Waals surface area (Å²) < 4.78 is 9.22. The van der Waals surface area contributed by atoms with E-state index in [1.54, 1.807) is 12.1 Å². The monoisotopic (exact) mass is 491 g/mol. The Balaban J connectivity index is 1.43. The fourth-order valence-corrected chi connectivity index (χ4v) is 3.93. The molecule has 32 heavy (non-hydrogen) atoms. The first-order valence-corrected chi connectivity index (χ1v) is 11.5. The van der Waals surface area contributed by atoms with Crippen LogP contribution in [0.2, 0.25) is 0 Å². The largest absolute Gasteiger partial charge is 0.491 e. The number of carbonyl (C=O) groups excluding carboxylic acids is 1. The van der Waals surface area contributed by atoms with E-state index in [0.29, 0.717) is 31.7 Å². The lowest BCUT2D eigenvalue weighted by atomic mass is 10.1. The highest BCUT2D eigenvalue weighted by atomic mass is 79.9. The summed E-state index contributed by atoms with van der Waals surface area (Å²) >= 11 is 3.39. The number of fused-ring (bicyclic) bond motifs is 1. The summed E-state index contributed by atoms with van der Waals surface area (Å²) in [5.41, 5.74) is 4.98. The number of aromatic nitrogens is 2. The molecular weight excluding hydrogens is 466 g/mol. The molecule has 0 aliphatic rings. The predicted octanol–water partition coefficient (Wildman–Crippen LogP) is 5.47. The average Bonchev–Trinajstić information content (AvgIpc) is 3.14. The number of rotatable bonds is 8. The quantitative estimate of drug-likeness (QED) is 0.355. The zero-order valence-electron chi connectivity index (χ0n) is 18.3. The van der Waals surface area contributed by atoms with Crippen molar-refractivity contribution >= 4 is 32.9 Å². The first kappa shape index (κ1) is 22.1. The fourth-order valence-electron chi connectivity index (χ4n) is 3.67. The number of nitrogens with zero attached hydrogens (tertiary/aromatic N) is 2. The summed E-state index contributed by atoms with van der Waals surface area (Å²) in [6, 6.07) is 21.7. The summed E-state index contributed by atoms with van der Waals surface area (Å²) in [5.74, 6) is 1.77. The molecule has 0 unspecified atom stereocenters. The van der Waals surface area contributed by atoms with Crippen LogP contribution in [0.15, 0.2) is 71.2 Å². The summed E-state index contributed by atoms with van der Waals surface area (Å²) in [7, 11) is 0. The lowest BCUT2D eigenvalue weighted by Crippen LogP contribution is -2.26. The molecule has 1 N–H and O–H groups in total. The van der Waals surface area contributed by atoms with E-state index in [9.17, 15) is 4.79 Å². The molecule has 0 saturated heterocycles. The van der Waals surface area contributed by atoms with Crippen molar-refractivity contribution in [2.75, 3.05) is 13.2 Å². The van der Waals surface area contributed by atoms with E-state index in [4.69, 9.17) is 9.72 Å². The molecule has 1 aromatic heterocycles. The lowest BCUT2D eigenvalue weighted by molar-refractivity contribution is 0.0954. The van der Waals surface area contributed by atoms with E-state index >= 15 is 0 Å². The maximum atomic E-state index is 12.4. The number of halogens is 1. The first-order valence-electron chi connectivity index (χ1n) is 10.7. The Hall–Kier alpha value is -3.12. The Morgan fingerprint density at radius 2 is 1.84 bits per heavy atom. The maximum Gasteiger partial charge on any atom is 0.251 e. The van der Waals surface area contributed by atoms with E-state index in [-0.39, 0.29) is 5.91 Å². The molecule has 5 nitrogen and oxygen atoms in total. The zero-order chi connectivity index (χ0) is 22.5. The second-order valence-corrected chi connectivity index (χ2v) is 8.71. The number of imidazole rings is 1. The smallest absolute Gasteiger partial charge is 0.251 e. The van der Waals surface area contributed by atoms with Gasteiger partial charge in [0.1, 0.15) is 18.2 Å². The molecular formula is C26H26BrN3O2. The topological polar surface area (TPSA) is 56.1 Å². The molecule has 0 atom stereocenters. The summed E-state index contributed by atoms with van der Waals surface area (Å²) in [4.78, 5) is 17.2. The van der Waals surface area contributed by atoms with Crippen LogP contribution in [0.5, 0.6) is 5.75 Å². The first-order chi connectivity index (χ1) is 15.5. The number of hydrogen-bond donors (Lipinski definition) is 1. The average molecular weight is 492 g/mol. The van der Waals surface area contributed by atoms with Gasteiger partial charge in [-0.25, -0.2) is 4.98 Å². The third-order valence-corrected chi connectivity index (χ3v) is 5.92. The van der Waals surface area contributed by atoms with E-state index in [1.807, 2.05) is 30.3 Å². The number of ether oxygens (including phenoxy) is 1. The molecule has 6 heteroatoms. The molecule has 4 rings (SSSR count). The van der Waals surface area contributed by atoms with E-state index < -0.39 is 0 Å². The molecule has 3 aromatic carbocycles. The minimum atomic E-state index is -0.0848. The Bertz CT molecular complexity index is 1230. The van der Waals surface area contributed by atoms with Gasteiger partial charge in [-0.1, -0.05) is 40.2 Å². The van der Waals surface area contributed by atoms with Gasteiger partial charge in [-0.05, 0) is 67.4 Å². The van der Waals surface area contributed by atoms with Crippen LogP contribution in [-0.4, -0.2) is 28.6 Å². The van der Waals surface area contributed by atoms with Gasteiger partial charge in [-0.3, -0.25) is 4.79 Å². The van der Waals surface area contributed by atoms with Gasteiger partial charge < -0.3 is 14.6 Å². The standard InChI is InChI=1S/C26H26BrN3O2/c1-18-7-8-19(2)24(17-18)32-16-15-30-23-6-4-3-5-22(23)29-25(30)13-14-28-26(31)20-9-11-21(27)12-10-20/h3-12,17H,13-16H2,1-2H3,(H,28,31). The Kier molecular flexibility index (Phi) is 6.90. The molecule has 0 spiro atoms. The van der Waals surface area contributed by atoms with Crippen molar-refractivity contribution in [1.29, 1.82) is 0 Å². The minimum absolute atomic E-state index is 0.0848. The molecule has 0 radical (unpaired) electrons. The summed E-state index contributed by atoms with van der Waals surface area (Å²) in [5, 5.41) is 3.00. The second kappa shape index (κ2) is 10.0. The van der Waals surface area contributed by atoms with Crippen LogP contribution >= 0.6 is 15.9 Å². The van der Waals surface area contributed by atoms with Gasteiger partial charge in [-0.2, -0.15) is 0 Å². The van der Waals surface area contributed by atoms with Crippen LogP contribution in [0.1, 0.15) is 27.3 Å². The van der Waals surface area contributed by atoms with Crippen molar-refractivity contribution in [3.8, 4) is 5.75 Å². The van der Waals surface area contributed by atoms with Crippen molar-refractivity contribution in [2.24, 2.45) is 0 Å². The number of para-hydroxylation sites is 2. The highest BCUT2D eigenvalue weighted by molar-refractivity contribution is 9.10. The van der Waals surface area contributed by atoms with Crippen LogP contribution in [0.25, 0.3) is 11.0 Å². The van der Waals surface area contributed by atoms with Gasteiger partial charge in [0.15, 0.2) is 0 Å². The summed E-state index contributed by atoms with van der Waals surface area (Å²) in [6.07, 6.45) is 0.639. The van der Waals surface area contributed by atoms with Crippen LogP contribution < -0.4 is 10.1 Å². The van der Waals surface area contributed by atoms with Crippen LogP contribution in [0, 0.1) is 13.8 Å². The number of nitrogens with one attached hydrogen (secondary N) is 1. The molecule has 0 aliphatic carbocycles. The molecule has 0 bridgehead atoms. The minimum Gasteiger partial charge on any atom is -0.491 e. The number of hydrogen-bond acceptors (Lipinski definition) is 3. The van der Waals surface area contributed by atoms with Gasteiger partial charge in [0.05, 0.1) is 17.6 Å². The Labute approximate surface area is 196 Å². The van der Waals surface area contributed by atoms with E-state index in [2.05, 4.69) is 63.9 Å². The highest BCUT2D eigenvalue weighted by Crippen LogP contribution is 2.20. The predicted molar refractivity (Wildman–Crippen MR) is 131 cm³/mol.